The summed E-state index contributed by atoms with van der Waals surface area (Å²) in [6, 6.07) is 13.4. The van der Waals surface area contributed by atoms with Crippen LogP contribution in [0.1, 0.15) is 11.3 Å². The van der Waals surface area contributed by atoms with Crippen molar-refractivity contribution in [1.29, 1.82) is 0 Å². The van der Waals surface area contributed by atoms with Crippen LogP contribution in [0, 0.1) is 0 Å². The van der Waals surface area contributed by atoms with Gasteiger partial charge in [0.1, 0.15) is 11.4 Å². The second-order valence-electron chi connectivity index (χ2n) is 5.33. The van der Waals surface area contributed by atoms with Gasteiger partial charge in [-0.3, -0.25) is 4.79 Å². The molecule has 0 aliphatic heterocycles. The van der Waals surface area contributed by atoms with Crippen molar-refractivity contribution in [2.45, 2.75) is 12.8 Å². The van der Waals surface area contributed by atoms with E-state index in [-0.39, 0.29) is 5.91 Å². The lowest BCUT2D eigenvalue weighted by atomic mass is 10.1. The number of aromatic nitrogens is 2. The lowest BCUT2D eigenvalue weighted by Crippen LogP contribution is -2.27. The summed E-state index contributed by atoms with van der Waals surface area (Å²) in [6.07, 6.45) is 5.02. The zero-order valence-electron chi connectivity index (χ0n) is 13.0. The molecule has 2 heterocycles. The van der Waals surface area contributed by atoms with Crippen LogP contribution in [0.5, 0.6) is 5.75 Å². The topological polar surface area (TPSA) is 55.6 Å². The molecule has 2 aromatic heterocycles. The van der Waals surface area contributed by atoms with Crippen molar-refractivity contribution in [2.24, 2.45) is 0 Å². The number of hydrogen-bond acceptors (Lipinski definition) is 3. The number of nitrogens with zero attached hydrogens (tertiary/aromatic N) is 2. The zero-order chi connectivity index (χ0) is 16.1. The average molecular weight is 309 g/mol. The summed E-state index contributed by atoms with van der Waals surface area (Å²) < 4.78 is 7.14. The Morgan fingerprint density at radius 2 is 2.17 bits per heavy atom. The summed E-state index contributed by atoms with van der Waals surface area (Å²) >= 11 is 0. The van der Waals surface area contributed by atoms with Crippen LogP contribution in [0.3, 0.4) is 0 Å². The number of nitrogens with one attached hydrogen (secondary N) is 1. The molecule has 118 valence electrons. The van der Waals surface area contributed by atoms with Gasteiger partial charge in [0.25, 0.3) is 0 Å². The third-order valence-corrected chi connectivity index (χ3v) is 3.62. The fourth-order valence-corrected chi connectivity index (χ4v) is 2.47. The molecule has 0 spiro atoms. The molecule has 5 heteroatoms. The molecular weight excluding hydrogens is 290 g/mol. The molecule has 1 aromatic carbocycles. The Bertz CT molecular complexity index is 778. The molecular formula is C18H19N3O2. The van der Waals surface area contributed by atoms with Crippen molar-refractivity contribution in [2.75, 3.05) is 13.7 Å². The van der Waals surface area contributed by atoms with Crippen molar-refractivity contribution in [3.8, 4) is 5.75 Å². The molecule has 0 atom stereocenters. The highest BCUT2D eigenvalue weighted by atomic mass is 16.5. The first-order chi connectivity index (χ1) is 11.2. The van der Waals surface area contributed by atoms with E-state index in [1.165, 1.54) is 0 Å². The predicted molar refractivity (Wildman–Crippen MR) is 88.6 cm³/mol. The zero-order valence-corrected chi connectivity index (χ0v) is 13.0. The number of rotatable bonds is 6. The lowest BCUT2D eigenvalue weighted by molar-refractivity contribution is -0.120. The number of benzene rings is 1. The van der Waals surface area contributed by atoms with E-state index >= 15 is 0 Å². The van der Waals surface area contributed by atoms with E-state index in [0.717, 1.165) is 22.7 Å². The average Bonchev–Trinajstić information content (AvgIpc) is 2.97. The summed E-state index contributed by atoms with van der Waals surface area (Å²) in [4.78, 5) is 16.5. The van der Waals surface area contributed by atoms with Crippen LogP contribution in [0.25, 0.3) is 5.65 Å². The number of ether oxygens (including phenoxy) is 1. The minimum atomic E-state index is 0.00187. The maximum absolute atomic E-state index is 12.0. The molecule has 0 saturated carbocycles. The number of fused-ring (bicyclic) bond motifs is 1. The first kappa shape index (κ1) is 15.1. The van der Waals surface area contributed by atoms with E-state index in [1.54, 1.807) is 7.11 Å². The van der Waals surface area contributed by atoms with Gasteiger partial charge in [0.15, 0.2) is 0 Å². The second kappa shape index (κ2) is 6.96. The Kier molecular flexibility index (Phi) is 4.57. The molecule has 0 radical (unpaired) electrons. The number of carbonyl (C=O) groups is 1. The van der Waals surface area contributed by atoms with E-state index in [2.05, 4.69) is 10.3 Å². The van der Waals surface area contributed by atoms with Gasteiger partial charge >= 0.3 is 0 Å². The maximum Gasteiger partial charge on any atom is 0.224 e. The Hall–Kier alpha value is -2.82. The highest BCUT2D eigenvalue weighted by molar-refractivity contribution is 5.78. The minimum Gasteiger partial charge on any atom is -0.497 e. The normalized spacial score (nSPS) is 10.7. The van der Waals surface area contributed by atoms with E-state index in [0.29, 0.717) is 19.4 Å². The van der Waals surface area contributed by atoms with Gasteiger partial charge in [-0.1, -0.05) is 18.2 Å². The van der Waals surface area contributed by atoms with Crippen LogP contribution in [-0.4, -0.2) is 28.9 Å². The van der Waals surface area contributed by atoms with Crippen molar-refractivity contribution in [3.05, 3.63) is 66.1 Å². The van der Waals surface area contributed by atoms with Gasteiger partial charge in [0.05, 0.1) is 19.2 Å². The fraction of sp³-hybridized carbons (Fsp3) is 0.222. The van der Waals surface area contributed by atoms with Crippen molar-refractivity contribution >= 4 is 11.6 Å². The monoisotopic (exact) mass is 309 g/mol. The Morgan fingerprint density at radius 3 is 3.00 bits per heavy atom. The van der Waals surface area contributed by atoms with Crippen LogP contribution in [0.2, 0.25) is 0 Å². The Labute approximate surface area is 134 Å². The van der Waals surface area contributed by atoms with Gasteiger partial charge in [-0.05, 0) is 29.8 Å². The summed E-state index contributed by atoms with van der Waals surface area (Å²) in [5, 5.41) is 2.93. The van der Waals surface area contributed by atoms with Crippen LogP contribution in [0.15, 0.2) is 54.9 Å². The highest BCUT2D eigenvalue weighted by Gasteiger charge is 2.05. The lowest BCUT2D eigenvalue weighted by Gasteiger charge is -2.06. The Balaban J connectivity index is 1.50. The third-order valence-electron chi connectivity index (χ3n) is 3.62. The number of hydrogen-bond donors (Lipinski definition) is 1. The number of methoxy groups -OCH3 is 1. The quantitative estimate of drug-likeness (QED) is 0.760. The van der Waals surface area contributed by atoms with Crippen molar-refractivity contribution in [3.63, 3.8) is 0 Å². The molecule has 0 bridgehead atoms. The van der Waals surface area contributed by atoms with Crippen LogP contribution in [-0.2, 0) is 17.6 Å². The number of imidazole rings is 1. The molecule has 23 heavy (non-hydrogen) atoms. The molecule has 3 aromatic rings. The highest BCUT2D eigenvalue weighted by Crippen LogP contribution is 2.12. The van der Waals surface area contributed by atoms with Gasteiger partial charge in [-0.2, -0.15) is 0 Å². The first-order valence-corrected chi connectivity index (χ1v) is 7.57. The predicted octanol–water partition coefficient (Wildman–Crippen LogP) is 2.24. The molecule has 0 unspecified atom stereocenters. The van der Waals surface area contributed by atoms with E-state index in [1.807, 2.05) is 59.3 Å². The van der Waals surface area contributed by atoms with Gasteiger partial charge in [0, 0.05) is 25.4 Å². The molecule has 0 aliphatic rings. The van der Waals surface area contributed by atoms with Crippen LogP contribution >= 0.6 is 0 Å². The summed E-state index contributed by atoms with van der Waals surface area (Å²) in [6.45, 7) is 0.576. The third kappa shape index (κ3) is 3.88. The smallest absolute Gasteiger partial charge is 0.224 e. The van der Waals surface area contributed by atoms with Gasteiger partial charge in [-0.25, -0.2) is 4.98 Å². The molecule has 0 saturated heterocycles. The maximum atomic E-state index is 12.0. The van der Waals surface area contributed by atoms with Gasteiger partial charge in [0.2, 0.25) is 5.91 Å². The molecule has 1 N–H and O–H groups in total. The van der Waals surface area contributed by atoms with Crippen LogP contribution in [0.4, 0.5) is 0 Å². The second-order valence-corrected chi connectivity index (χ2v) is 5.33. The van der Waals surface area contributed by atoms with Crippen molar-refractivity contribution in [1.82, 2.24) is 14.7 Å². The largest absolute Gasteiger partial charge is 0.497 e. The van der Waals surface area contributed by atoms with Crippen molar-refractivity contribution < 1.29 is 9.53 Å². The Morgan fingerprint density at radius 1 is 1.26 bits per heavy atom. The van der Waals surface area contributed by atoms with E-state index in [9.17, 15) is 4.79 Å². The minimum absolute atomic E-state index is 0.00187. The summed E-state index contributed by atoms with van der Waals surface area (Å²) in [5.74, 6) is 0.766. The standard InChI is InChI=1S/C18H19N3O2/c1-23-16-6-4-5-14(11-16)12-18(22)19-9-8-15-13-21-10-3-2-7-17(21)20-15/h2-7,10-11,13H,8-9,12H2,1H3,(H,19,22). The first-order valence-electron chi connectivity index (χ1n) is 7.57. The van der Waals surface area contributed by atoms with Crippen LogP contribution < -0.4 is 10.1 Å². The fourth-order valence-electron chi connectivity index (χ4n) is 2.47. The SMILES string of the molecule is COc1cccc(CC(=O)NCCc2cn3ccccc3n2)c1. The molecule has 1 amide bonds. The van der Waals surface area contributed by atoms with Gasteiger partial charge in [-0.15, -0.1) is 0 Å². The number of pyridine rings is 1. The molecule has 3 rings (SSSR count). The van der Waals surface area contributed by atoms with Gasteiger partial charge < -0.3 is 14.5 Å². The molecule has 0 fully saturated rings. The summed E-state index contributed by atoms with van der Waals surface area (Å²) in [7, 11) is 1.62. The molecule has 5 nitrogen and oxygen atoms in total. The van der Waals surface area contributed by atoms with E-state index < -0.39 is 0 Å². The summed E-state index contributed by atoms with van der Waals surface area (Å²) in [5.41, 5.74) is 2.83. The number of carbonyl (C=O) groups excluding carboxylic acids is 1. The van der Waals surface area contributed by atoms with E-state index in [4.69, 9.17) is 4.74 Å². The molecule has 0 aliphatic carbocycles. The number of amides is 1.